The van der Waals surface area contributed by atoms with Crippen LogP contribution < -0.4 is 14.5 Å². The van der Waals surface area contributed by atoms with Gasteiger partial charge in [0.1, 0.15) is 23.9 Å². The first-order chi connectivity index (χ1) is 13.2. The molecule has 0 spiro atoms. The van der Waals surface area contributed by atoms with Gasteiger partial charge in [-0.2, -0.15) is 0 Å². The van der Waals surface area contributed by atoms with E-state index in [9.17, 15) is 9.18 Å². The highest BCUT2D eigenvalue weighted by Crippen LogP contribution is 2.24. The van der Waals surface area contributed by atoms with Crippen molar-refractivity contribution in [1.82, 2.24) is 14.9 Å². The monoisotopic (exact) mass is 386 g/mol. The number of benzene rings is 2. The fourth-order valence-corrected chi connectivity index (χ4v) is 3.41. The Bertz CT molecular complexity index is 934. The van der Waals surface area contributed by atoms with E-state index >= 15 is 0 Å². The average molecular weight is 386 g/mol. The molecule has 7 nitrogen and oxygen atoms in total. The number of aromatic nitrogens is 3. The van der Waals surface area contributed by atoms with Crippen LogP contribution in [0.25, 0.3) is 0 Å². The highest BCUT2D eigenvalue weighted by Gasteiger charge is 2.29. The summed E-state index contributed by atoms with van der Waals surface area (Å²) in [5, 5.41) is 10.3. The molecule has 1 aromatic heterocycles. The maximum absolute atomic E-state index is 13.0. The van der Waals surface area contributed by atoms with Crippen molar-refractivity contribution in [3.8, 4) is 11.5 Å². The second-order valence-corrected chi connectivity index (χ2v) is 6.67. The van der Waals surface area contributed by atoms with Gasteiger partial charge in [-0.05, 0) is 36.4 Å². The Hall–Kier alpha value is -3.07. The summed E-state index contributed by atoms with van der Waals surface area (Å²) in [6.07, 6.45) is -0.523. The van der Waals surface area contributed by atoms with Crippen molar-refractivity contribution in [1.29, 1.82) is 0 Å². The molecule has 0 fully saturated rings. The molecule has 0 bridgehead atoms. The van der Waals surface area contributed by atoms with E-state index in [1.54, 1.807) is 28.9 Å². The van der Waals surface area contributed by atoms with Crippen LogP contribution in [0, 0.1) is 5.82 Å². The molecule has 3 aromatic rings. The molecule has 0 saturated heterocycles. The van der Waals surface area contributed by atoms with Crippen LogP contribution in [0.5, 0.6) is 11.5 Å². The lowest BCUT2D eigenvalue weighted by molar-refractivity contribution is 0.198. The molecule has 0 radical (unpaired) electrons. The lowest BCUT2D eigenvalue weighted by Crippen LogP contribution is -2.47. The Kier molecular flexibility index (Phi) is 4.93. The predicted octanol–water partition coefficient (Wildman–Crippen LogP) is 3.24. The van der Waals surface area contributed by atoms with Gasteiger partial charge in [-0.15, -0.1) is 10.2 Å². The number of nitrogens with zero attached hydrogens (tertiary/aromatic N) is 4. The van der Waals surface area contributed by atoms with Gasteiger partial charge in [0.2, 0.25) is 5.16 Å². The van der Waals surface area contributed by atoms with E-state index < -0.39 is 6.09 Å². The Morgan fingerprint density at radius 1 is 1.07 bits per heavy atom. The van der Waals surface area contributed by atoms with E-state index in [1.165, 1.54) is 41.0 Å². The third kappa shape index (κ3) is 3.87. The summed E-state index contributed by atoms with van der Waals surface area (Å²) in [7, 11) is 0. The number of ether oxygens (including phenoxy) is 2. The van der Waals surface area contributed by atoms with Crippen LogP contribution in [0.4, 0.5) is 9.18 Å². The van der Waals surface area contributed by atoms with Gasteiger partial charge in [0, 0.05) is 5.75 Å². The highest BCUT2D eigenvalue weighted by molar-refractivity contribution is 7.99. The largest absolute Gasteiger partial charge is 0.486 e. The molecule has 1 amide bonds. The van der Waals surface area contributed by atoms with Crippen LogP contribution in [0.3, 0.4) is 0 Å². The van der Waals surface area contributed by atoms with Gasteiger partial charge >= 0.3 is 6.09 Å². The molecule has 1 aliphatic heterocycles. The molecule has 9 heteroatoms. The minimum absolute atomic E-state index is 0.0777. The smallest absolute Gasteiger partial charge is 0.434 e. The first-order valence-corrected chi connectivity index (χ1v) is 9.19. The molecule has 2 aromatic carbocycles. The molecular weight excluding hydrogens is 371 g/mol. The van der Waals surface area contributed by atoms with Crippen LogP contribution >= 0.6 is 11.8 Å². The fraction of sp³-hybridized carbons (Fsp3) is 0.167. The number of hydrogen-bond donors (Lipinski definition) is 0. The number of amides is 1. The van der Waals surface area contributed by atoms with Crippen LogP contribution in [0.1, 0.15) is 5.82 Å². The Balaban J connectivity index is 1.52. The standard InChI is InChI=1S/C18H15FN4O3S/c19-13-6-8-14(9-7-13)25-12-16-20-21-17-23(16)22(10-11-27-17)18(24)26-15-4-2-1-3-5-15/h1-9H,10-12H2. The number of carbonyl (C=O) groups is 1. The van der Waals surface area contributed by atoms with Crippen LogP contribution in [0.2, 0.25) is 0 Å². The number of rotatable bonds is 4. The molecule has 138 valence electrons. The van der Waals surface area contributed by atoms with Crippen LogP contribution in [-0.2, 0) is 6.61 Å². The number of thioether (sulfide) groups is 1. The molecule has 1 aliphatic rings. The zero-order chi connectivity index (χ0) is 18.6. The second kappa shape index (κ2) is 7.67. The Labute approximate surface area is 158 Å². The zero-order valence-electron chi connectivity index (χ0n) is 14.1. The van der Waals surface area contributed by atoms with Gasteiger partial charge in [0.05, 0.1) is 6.54 Å². The summed E-state index contributed by atoms with van der Waals surface area (Å²) in [6.45, 7) is 0.527. The van der Waals surface area contributed by atoms with E-state index in [0.717, 1.165) is 0 Å². The topological polar surface area (TPSA) is 69.5 Å². The Morgan fingerprint density at radius 3 is 2.63 bits per heavy atom. The number of halogens is 1. The lowest BCUT2D eigenvalue weighted by atomic mass is 10.3. The maximum atomic E-state index is 13.0. The highest BCUT2D eigenvalue weighted by atomic mass is 32.2. The van der Waals surface area contributed by atoms with Gasteiger partial charge in [0.15, 0.2) is 5.82 Å². The molecule has 0 N–H and O–H groups in total. The van der Waals surface area contributed by atoms with E-state index in [0.29, 0.717) is 34.8 Å². The van der Waals surface area contributed by atoms with Gasteiger partial charge in [-0.25, -0.2) is 18.9 Å². The summed E-state index contributed by atoms with van der Waals surface area (Å²) >= 11 is 1.50. The molecule has 2 heterocycles. The quantitative estimate of drug-likeness (QED) is 0.686. The van der Waals surface area contributed by atoms with Crippen molar-refractivity contribution >= 4 is 17.9 Å². The first kappa shape index (κ1) is 17.3. The van der Waals surface area contributed by atoms with Gasteiger partial charge in [-0.1, -0.05) is 30.0 Å². The number of carbonyl (C=O) groups excluding carboxylic acids is 1. The zero-order valence-corrected chi connectivity index (χ0v) is 14.9. The van der Waals surface area contributed by atoms with E-state index in [2.05, 4.69) is 10.2 Å². The number of hydrogen-bond acceptors (Lipinski definition) is 6. The second-order valence-electron chi connectivity index (χ2n) is 5.61. The van der Waals surface area contributed by atoms with Crippen molar-refractivity contribution in [3.05, 3.63) is 66.2 Å². The molecule has 27 heavy (non-hydrogen) atoms. The predicted molar refractivity (Wildman–Crippen MR) is 97.0 cm³/mol. The third-order valence-corrected chi connectivity index (χ3v) is 4.69. The van der Waals surface area contributed by atoms with Crippen molar-refractivity contribution in [3.63, 3.8) is 0 Å². The summed E-state index contributed by atoms with van der Waals surface area (Å²) in [6, 6.07) is 14.5. The van der Waals surface area contributed by atoms with Gasteiger partial charge < -0.3 is 9.47 Å². The molecule has 0 saturated carbocycles. The number of para-hydroxylation sites is 1. The Morgan fingerprint density at radius 2 is 1.85 bits per heavy atom. The SMILES string of the molecule is O=C(Oc1ccccc1)N1CCSc2nnc(COc3ccc(F)cc3)n21. The third-order valence-electron chi connectivity index (χ3n) is 3.79. The van der Waals surface area contributed by atoms with Crippen molar-refractivity contribution < 1.29 is 18.7 Å². The van der Waals surface area contributed by atoms with Gasteiger partial charge in [-0.3, -0.25) is 0 Å². The first-order valence-electron chi connectivity index (χ1n) is 8.21. The summed E-state index contributed by atoms with van der Waals surface area (Å²) in [5.41, 5.74) is 0. The maximum Gasteiger partial charge on any atom is 0.434 e. The molecule has 0 unspecified atom stereocenters. The molecule has 0 aliphatic carbocycles. The lowest BCUT2D eigenvalue weighted by Gasteiger charge is -2.28. The average Bonchev–Trinajstić information content (AvgIpc) is 3.11. The molecular formula is C18H15FN4O3S. The van der Waals surface area contributed by atoms with E-state index in [4.69, 9.17) is 9.47 Å². The summed E-state index contributed by atoms with van der Waals surface area (Å²) in [4.78, 5) is 12.6. The summed E-state index contributed by atoms with van der Waals surface area (Å²) in [5.74, 6) is 1.75. The van der Waals surface area contributed by atoms with Crippen LogP contribution in [0.15, 0.2) is 59.8 Å². The van der Waals surface area contributed by atoms with Crippen LogP contribution in [-0.4, -0.2) is 33.3 Å². The normalized spacial score (nSPS) is 13.1. The molecule has 4 rings (SSSR count). The minimum atomic E-state index is -0.523. The fourth-order valence-electron chi connectivity index (χ4n) is 2.54. The molecule has 0 atom stereocenters. The summed E-state index contributed by atoms with van der Waals surface area (Å²) < 4.78 is 25.7. The van der Waals surface area contributed by atoms with Crippen molar-refractivity contribution in [2.75, 3.05) is 17.3 Å². The minimum Gasteiger partial charge on any atom is -0.486 e. The number of fused-ring (bicyclic) bond motifs is 1. The van der Waals surface area contributed by atoms with Gasteiger partial charge in [0.25, 0.3) is 0 Å². The van der Waals surface area contributed by atoms with E-state index in [1.807, 2.05) is 6.07 Å². The van der Waals surface area contributed by atoms with E-state index in [-0.39, 0.29) is 12.4 Å². The van der Waals surface area contributed by atoms with Crippen molar-refractivity contribution in [2.45, 2.75) is 11.8 Å². The van der Waals surface area contributed by atoms with Crippen molar-refractivity contribution in [2.24, 2.45) is 0 Å².